The summed E-state index contributed by atoms with van der Waals surface area (Å²) in [6.45, 7) is 8.13. The van der Waals surface area contributed by atoms with Crippen LogP contribution in [-0.2, 0) is 4.74 Å². The van der Waals surface area contributed by atoms with Gasteiger partial charge in [-0.15, -0.1) is 0 Å². The van der Waals surface area contributed by atoms with Gasteiger partial charge in [-0.3, -0.25) is 4.79 Å². The molecule has 0 bridgehead atoms. The van der Waals surface area contributed by atoms with Gasteiger partial charge in [0.2, 0.25) is 5.71 Å². The van der Waals surface area contributed by atoms with Gasteiger partial charge in [0.05, 0.1) is 28.8 Å². The van der Waals surface area contributed by atoms with Gasteiger partial charge in [-0.05, 0) is 73.4 Å². The molecule has 4 aromatic rings. The van der Waals surface area contributed by atoms with Crippen molar-refractivity contribution in [3.05, 3.63) is 83.3 Å². The topological polar surface area (TPSA) is 81.4 Å². The summed E-state index contributed by atoms with van der Waals surface area (Å²) in [7, 11) is 1.54. The van der Waals surface area contributed by atoms with Crippen LogP contribution in [0, 0.1) is 11.7 Å². The highest BCUT2D eigenvalue weighted by atomic mass is 19.1. The molecule has 0 saturated heterocycles. The molecule has 0 saturated carbocycles. The van der Waals surface area contributed by atoms with Crippen molar-refractivity contribution in [1.29, 1.82) is 0 Å². The van der Waals surface area contributed by atoms with Crippen molar-refractivity contribution in [2.45, 2.75) is 27.7 Å². The monoisotopic (exact) mass is 500 g/mol. The third kappa shape index (κ3) is 5.31. The first kappa shape index (κ1) is 25.8. The fourth-order valence-corrected chi connectivity index (χ4v) is 3.98. The number of nitrogens with one attached hydrogen (secondary N) is 1. The number of nitrogens with zero attached hydrogens (tertiary/aromatic N) is 1. The summed E-state index contributed by atoms with van der Waals surface area (Å²) in [4.78, 5) is 30.4. The van der Waals surface area contributed by atoms with Gasteiger partial charge in [-0.25, -0.2) is 14.2 Å². The van der Waals surface area contributed by atoms with Crippen LogP contribution in [-0.4, -0.2) is 30.5 Å². The number of hydrogen-bond acceptors (Lipinski definition) is 5. The number of benzene rings is 2. The van der Waals surface area contributed by atoms with Crippen LogP contribution in [0.2, 0.25) is 0 Å². The number of fused-ring (bicyclic) bond motifs is 1. The molecule has 1 N–H and O–H groups in total. The van der Waals surface area contributed by atoms with Gasteiger partial charge < -0.3 is 14.5 Å². The normalized spacial score (nSPS) is 11.7. The summed E-state index contributed by atoms with van der Waals surface area (Å²) >= 11 is 0. The Labute approximate surface area is 215 Å². The molecule has 0 radical (unpaired) electrons. The standard InChI is InChI=1S/C30H29FN2O4/c1-6-18(4)26-23(20-8-7-9-21(14-20)30(35)36-16-17(2)3)15-24-25(28(34)32-5)27(37-29(24)33-26)19-10-12-22(31)13-11-19/h6-15,17H,16H2,1-5H3,(H,32,34)/b18-6+. The number of carbonyl (C=O) groups is 2. The Balaban J connectivity index is 1.94. The van der Waals surface area contributed by atoms with Crippen LogP contribution in [0.4, 0.5) is 4.39 Å². The van der Waals surface area contributed by atoms with E-state index < -0.39 is 5.97 Å². The number of rotatable bonds is 7. The molecule has 2 heterocycles. The largest absolute Gasteiger partial charge is 0.462 e. The molecule has 0 spiro atoms. The maximum absolute atomic E-state index is 13.6. The van der Waals surface area contributed by atoms with E-state index in [0.717, 1.165) is 16.7 Å². The van der Waals surface area contributed by atoms with Crippen LogP contribution in [0.1, 0.15) is 54.1 Å². The summed E-state index contributed by atoms with van der Waals surface area (Å²) in [5.74, 6) is -0.620. The maximum Gasteiger partial charge on any atom is 0.338 e. The average Bonchev–Trinajstić information content (AvgIpc) is 3.29. The first-order valence-electron chi connectivity index (χ1n) is 12.1. The van der Waals surface area contributed by atoms with Gasteiger partial charge in [-0.1, -0.05) is 32.1 Å². The second-order valence-corrected chi connectivity index (χ2v) is 9.17. The van der Waals surface area contributed by atoms with E-state index >= 15 is 0 Å². The molecule has 0 atom stereocenters. The van der Waals surface area contributed by atoms with Crippen molar-refractivity contribution in [2.24, 2.45) is 5.92 Å². The highest BCUT2D eigenvalue weighted by molar-refractivity contribution is 6.11. The van der Waals surface area contributed by atoms with Gasteiger partial charge >= 0.3 is 5.97 Å². The molecule has 0 aliphatic rings. The molecular weight excluding hydrogens is 471 g/mol. The second kappa shape index (κ2) is 10.8. The molecule has 0 fully saturated rings. The van der Waals surface area contributed by atoms with E-state index in [0.29, 0.717) is 40.1 Å². The summed E-state index contributed by atoms with van der Waals surface area (Å²) < 4.78 is 25.1. The fraction of sp³-hybridized carbons (Fsp3) is 0.233. The van der Waals surface area contributed by atoms with E-state index in [1.54, 1.807) is 30.3 Å². The Morgan fingerprint density at radius 1 is 1.11 bits per heavy atom. The van der Waals surface area contributed by atoms with Crippen LogP contribution in [0.5, 0.6) is 0 Å². The highest BCUT2D eigenvalue weighted by Gasteiger charge is 2.25. The number of halogens is 1. The first-order chi connectivity index (χ1) is 17.7. The van der Waals surface area contributed by atoms with Crippen molar-refractivity contribution in [3.8, 4) is 22.5 Å². The zero-order valence-corrected chi connectivity index (χ0v) is 21.5. The fourth-order valence-electron chi connectivity index (χ4n) is 3.98. The van der Waals surface area contributed by atoms with Gasteiger partial charge in [0.15, 0.2) is 0 Å². The lowest BCUT2D eigenvalue weighted by molar-refractivity contribution is 0.0459. The van der Waals surface area contributed by atoms with Crippen LogP contribution >= 0.6 is 0 Å². The molecule has 6 nitrogen and oxygen atoms in total. The van der Waals surface area contributed by atoms with E-state index in [1.807, 2.05) is 45.9 Å². The minimum absolute atomic E-state index is 0.224. The van der Waals surface area contributed by atoms with Crippen molar-refractivity contribution in [3.63, 3.8) is 0 Å². The van der Waals surface area contributed by atoms with E-state index in [4.69, 9.17) is 14.1 Å². The van der Waals surface area contributed by atoms with Crippen LogP contribution < -0.4 is 5.32 Å². The molecule has 7 heteroatoms. The first-order valence-corrected chi connectivity index (χ1v) is 12.1. The van der Waals surface area contributed by atoms with E-state index in [2.05, 4.69) is 5.32 Å². The molecule has 4 rings (SSSR count). The number of esters is 1. The second-order valence-electron chi connectivity index (χ2n) is 9.17. The van der Waals surface area contributed by atoms with Gasteiger partial charge in [-0.2, -0.15) is 0 Å². The third-order valence-corrected chi connectivity index (χ3v) is 6.01. The van der Waals surface area contributed by atoms with Crippen LogP contribution in [0.3, 0.4) is 0 Å². The molecule has 2 aromatic carbocycles. The van der Waals surface area contributed by atoms with Crippen molar-refractivity contribution in [2.75, 3.05) is 13.7 Å². The number of allylic oxidation sites excluding steroid dienone is 2. The zero-order chi connectivity index (χ0) is 26.7. The number of amides is 1. The number of ether oxygens (including phenoxy) is 1. The van der Waals surface area contributed by atoms with Crippen molar-refractivity contribution >= 4 is 28.5 Å². The number of pyridine rings is 1. The quantitative estimate of drug-likeness (QED) is 0.279. The summed E-state index contributed by atoms with van der Waals surface area (Å²) in [6, 6.07) is 14.7. The lowest BCUT2D eigenvalue weighted by Crippen LogP contribution is -2.18. The van der Waals surface area contributed by atoms with Crippen molar-refractivity contribution < 1.29 is 23.1 Å². The number of hydrogen-bond donors (Lipinski definition) is 1. The highest BCUT2D eigenvalue weighted by Crippen LogP contribution is 2.38. The molecule has 0 unspecified atom stereocenters. The predicted molar refractivity (Wildman–Crippen MR) is 143 cm³/mol. The van der Waals surface area contributed by atoms with E-state index in [9.17, 15) is 14.0 Å². The minimum atomic E-state index is -0.401. The summed E-state index contributed by atoms with van der Waals surface area (Å²) in [5, 5.41) is 3.17. The SMILES string of the molecule is C/C=C(\C)c1nc2oc(-c3ccc(F)cc3)c(C(=O)NC)c2cc1-c1cccc(C(=O)OCC(C)C)c1. The van der Waals surface area contributed by atoms with Gasteiger partial charge in [0, 0.05) is 18.2 Å². The number of carbonyl (C=O) groups excluding carboxylic acids is 2. The Morgan fingerprint density at radius 2 is 1.84 bits per heavy atom. The Hall–Kier alpha value is -4.26. The average molecular weight is 501 g/mol. The van der Waals surface area contributed by atoms with Crippen LogP contribution in [0.25, 0.3) is 39.1 Å². The molecule has 190 valence electrons. The minimum Gasteiger partial charge on any atom is -0.462 e. The predicted octanol–water partition coefficient (Wildman–Crippen LogP) is 6.90. The number of aromatic nitrogens is 1. The molecule has 37 heavy (non-hydrogen) atoms. The third-order valence-electron chi connectivity index (χ3n) is 6.01. The lowest BCUT2D eigenvalue weighted by Gasteiger charge is -2.12. The van der Waals surface area contributed by atoms with E-state index in [-0.39, 0.29) is 23.4 Å². The smallest absolute Gasteiger partial charge is 0.338 e. The summed E-state index contributed by atoms with van der Waals surface area (Å²) in [5.41, 5.74) is 4.60. The van der Waals surface area contributed by atoms with Crippen molar-refractivity contribution in [1.82, 2.24) is 10.3 Å². The molecule has 2 aromatic heterocycles. The molecule has 0 aliphatic carbocycles. The van der Waals surface area contributed by atoms with Gasteiger partial charge in [0.1, 0.15) is 11.6 Å². The van der Waals surface area contributed by atoms with Gasteiger partial charge in [0.25, 0.3) is 5.91 Å². The Bertz CT molecular complexity index is 1500. The maximum atomic E-state index is 13.6. The lowest BCUT2D eigenvalue weighted by atomic mass is 9.96. The van der Waals surface area contributed by atoms with Crippen LogP contribution in [0.15, 0.2) is 65.1 Å². The number of furan rings is 1. The molecule has 0 aliphatic heterocycles. The van der Waals surface area contributed by atoms with E-state index in [1.165, 1.54) is 19.2 Å². The molecule has 1 amide bonds. The Morgan fingerprint density at radius 3 is 2.49 bits per heavy atom. The Kier molecular flexibility index (Phi) is 7.53. The molecular formula is C30H29FN2O4. The summed E-state index contributed by atoms with van der Waals surface area (Å²) in [6.07, 6.45) is 1.93. The zero-order valence-electron chi connectivity index (χ0n) is 21.5.